The van der Waals surface area contributed by atoms with Crippen molar-refractivity contribution in [3.63, 3.8) is 0 Å². The molecule has 1 aromatic carbocycles. The maximum Gasteiger partial charge on any atom is 0.241 e. The SMILES string of the molecule is O=C1C(Cc2ccccc2)NCN1C1CCCCCCC1. The van der Waals surface area contributed by atoms with Crippen molar-refractivity contribution in [3.05, 3.63) is 35.9 Å². The van der Waals surface area contributed by atoms with Crippen LogP contribution in [0.2, 0.25) is 0 Å². The summed E-state index contributed by atoms with van der Waals surface area (Å²) in [5, 5.41) is 3.41. The maximum absolute atomic E-state index is 12.7. The Labute approximate surface area is 127 Å². The van der Waals surface area contributed by atoms with Gasteiger partial charge in [-0.05, 0) is 24.8 Å². The molecule has 0 spiro atoms. The van der Waals surface area contributed by atoms with Crippen LogP contribution in [0.25, 0.3) is 0 Å². The molecule has 1 heterocycles. The monoisotopic (exact) mass is 286 g/mol. The lowest BCUT2D eigenvalue weighted by Crippen LogP contribution is -2.39. The van der Waals surface area contributed by atoms with Crippen LogP contribution in [0.1, 0.15) is 50.5 Å². The highest BCUT2D eigenvalue weighted by atomic mass is 16.2. The number of benzene rings is 1. The summed E-state index contributed by atoms with van der Waals surface area (Å²) in [6, 6.07) is 10.8. The molecule has 1 aliphatic heterocycles. The number of amides is 1. The van der Waals surface area contributed by atoms with E-state index in [4.69, 9.17) is 0 Å². The third-order valence-corrected chi connectivity index (χ3v) is 4.89. The number of hydrogen-bond acceptors (Lipinski definition) is 2. The molecular formula is C18H26N2O. The first-order chi connectivity index (χ1) is 10.3. The van der Waals surface area contributed by atoms with Gasteiger partial charge in [-0.3, -0.25) is 10.1 Å². The number of hydrogen-bond donors (Lipinski definition) is 1. The number of carbonyl (C=O) groups excluding carboxylic acids is 1. The molecule has 0 radical (unpaired) electrons. The van der Waals surface area contributed by atoms with Gasteiger partial charge in [0.05, 0.1) is 12.7 Å². The van der Waals surface area contributed by atoms with E-state index in [1.54, 1.807) is 0 Å². The number of carbonyl (C=O) groups is 1. The highest BCUT2D eigenvalue weighted by Gasteiger charge is 2.35. The van der Waals surface area contributed by atoms with E-state index in [1.165, 1.54) is 50.5 Å². The third kappa shape index (κ3) is 3.65. The standard InChI is InChI=1S/C18H26N2O/c21-18-17(13-15-9-5-4-6-10-15)19-14-20(18)16-11-7-2-1-3-8-12-16/h4-6,9-10,16-17,19H,1-3,7-8,11-14H2. The molecule has 2 aliphatic rings. The molecule has 0 bridgehead atoms. The predicted octanol–water partition coefficient (Wildman–Crippen LogP) is 3.10. The second-order valence-electron chi connectivity index (χ2n) is 6.41. The molecule has 0 aromatic heterocycles. The van der Waals surface area contributed by atoms with Gasteiger partial charge in [-0.1, -0.05) is 62.4 Å². The van der Waals surface area contributed by atoms with Crippen LogP contribution in [0.3, 0.4) is 0 Å². The quantitative estimate of drug-likeness (QED) is 0.926. The third-order valence-electron chi connectivity index (χ3n) is 4.89. The van der Waals surface area contributed by atoms with Crippen molar-refractivity contribution in [2.45, 2.75) is 63.5 Å². The Morgan fingerprint density at radius 2 is 1.67 bits per heavy atom. The van der Waals surface area contributed by atoms with Crippen LogP contribution in [0, 0.1) is 0 Å². The average Bonchev–Trinajstić information content (AvgIpc) is 2.82. The van der Waals surface area contributed by atoms with Crippen molar-refractivity contribution >= 4 is 5.91 Å². The van der Waals surface area contributed by atoms with Gasteiger partial charge in [-0.25, -0.2) is 0 Å². The van der Waals surface area contributed by atoms with Gasteiger partial charge in [-0.2, -0.15) is 0 Å². The van der Waals surface area contributed by atoms with E-state index in [0.717, 1.165) is 13.1 Å². The number of nitrogens with one attached hydrogen (secondary N) is 1. The molecule has 1 saturated carbocycles. The first kappa shape index (κ1) is 14.6. The van der Waals surface area contributed by atoms with Crippen LogP contribution in [-0.2, 0) is 11.2 Å². The lowest BCUT2D eigenvalue weighted by molar-refractivity contribution is -0.131. The molecule has 2 fully saturated rings. The fourth-order valence-corrected chi connectivity index (χ4v) is 3.64. The lowest BCUT2D eigenvalue weighted by Gasteiger charge is -2.29. The highest BCUT2D eigenvalue weighted by Crippen LogP contribution is 2.24. The summed E-state index contributed by atoms with van der Waals surface area (Å²) < 4.78 is 0. The Morgan fingerprint density at radius 1 is 1.00 bits per heavy atom. The maximum atomic E-state index is 12.7. The van der Waals surface area contributed by atoms with Gasteiger partial charge in [-0.15, -0.1) is 0 Å². The van der Waals surface area contributed by atoms with E-state index in [2.05, 4.69) is 22.3 Å². The molecular weight excluding hydrogens is 260 g/mol. The van der Waals surface area contributed by atoms with Gasteiger partial charge in [0.25, 0.3) is 0 Å². The fourth-order valence-electron chi connectivity index (χ4n) is 3.64. The van der Waals surface area contributed by atoms with Crippen molar-refractivity contribution in [2.24, 2.45) is 0 Å². The normalized spacial score (nSPS) is 24.9. The average molecular weight is 286 g/mol. The van der Waals surface area contributed by atoms with E-state index in [1.807, 2.05) is 18.2 Å². The summed E-state index contributed by atoms with van der Waals surface area (Å²) in [5.41, 5.74) is 1.24. The largest absolute Gasteiger partial charge is 0.326 e. The van der Waals surface area contributed by atoms with Gasteiger partial charge in [0, 0.05) is 6.04 Å². The first-order valence-electron chi connectivity index (χ1n) is 8.42. The molecule has 1 unspecified atom stereocenters. The second kappa shape index (κ2) is 7.08. The summed E-state index contributed by atoms with van der Waals surface area (Å²) in [5.74, 6) is 0.310. The molecule has 1 N–H and O–H groups in total. The molecule has 21 heavy (non-hydrogen) atoms. The Bertz CT molecular complexity index is 452. The zero-order valence-electron chi connectivity index (χ0n) is 12.8. The highest BCUT2D eigenvalue weighted by molar-refractivity contribution is 5.84. The predicted molar refractivity (Wildman–Crippen MR) is 84.9 cm³/mol. The molecule has 3 nitrogen and oxygen atoms in total. The Morgan fingerprint density at radius 3 is 2.38 bits per heavy atom. The Balaban J connectivity index is 1.60. The molecule has 114 valence electrons. The minimum atomic E-state index is -0.0298. The van der Waals surface area contributed by atoms with Crippen LogP contribution in [0.4, 0.5) is 0 Å². The van der Waals surface area contributed by atoms with Crippen LogP contribution < -0.4 is 5.32 Å². The Hall–Kier alpha value is -1.35. The van der Waals surface area contributed by atoms with Crippen molar-refractivity contribution < 1.29 is 4.79 Å². The summed E-state index contributed by atoms with van der Waals surface area (Å²) in [6.07, 6.45) is 9.77. The zero-order chi connectivity index (χ0) is 14.5. The van der Waals surface area contributed by atoms with Gasteiger partial charge in [0.15, 0.2) is 0 Å². The molecule has 3 heteroatoms. The van der Waals surface area contributed by atoms with E-state index < -0.39 is 0 Å². The molecule has 1 aliphatic carbocycles. The van der Waals surface area contributed by atoms with E-state index in [0.29, 0.717) is 11.9 Å². The number of nitrogens with zero attached hydrogens (tertiary/aromatic N) is 1. The zero-order valence-corrected chi connectivity index (χ0v) is 12.8. The van der Waals surface area contributed by atoms with Crippen LogP contribution >= 0.6 is 0 Å². The fraction of sp³-hybridized carbons (Fsp3) is 0.611. The molecule has 1 aromatic rings. The smallest absolute Gasteiger partial charge is 0.241 e. The topological polar surface area (TPSA) is 32.3 Å². The number of rotatable bonds is 3. The summed E-state index contributed by atoms with van der Waals surface area (Å²) in [6.45, 7) is 0.737. The molecule has 1 atom stereocenters. The lowest BCUT2D eigenvalue weighted by atomic mass is 9.95. The van der Waals surface area contributed by atoms with Gasteiger partial charge < -0.3 is 4.90 Å². The van der Waals surface area contributed by atoms with Crippen molar-refractivity contribution in [1.29, 1.82) is 0 Å². The van der Waals surface area contributed by atoms with Crippen LogP contribution in [0.5, 0.6) is 0 Å². The molecule has 1 saturated heterocycles. The van der Waals surface area contributed by atoms with Crippen molar-refractivity contribution in [3.8, 4) is 0 Å². The summed E-state index contributed by atoms with van der Waals surface area (Å²) >= 11 is 0. The van der Waals surface area contributed by atoms with Gasteiger partial charge in [0.1, 0.15) is 0 Å². The van der Waals surface area contributed by atoms with Crippen LogP contribution in [-0.4, -0.2) is 29.6 Å². The van der Waals surface area contributed by atoms with Crippen molar-refractivity contribution in [1.82, 2.24) is 10.2 Å². The minimum absolute atomic E-state index is 0.0298. The second-order valence-corrected chi connectivity index (χ2v) is 6.41. The first-order valence-corrected chi connectivity index (χ1v) is 8.42. The van der Waals surface area contributed by atoms with Crippen molar-refractivity contribution in [2.75, 3.05) is 6.67 Å². The summed E-state index contributed by atoms with van der Waals surface area (Å²) in [4.78, 5) is 14.8. The molecule has 3 rings (SSSR count). The van der Waals surface area contributed by atoms with Crippen LogP contribution in [0.15, 0.2) is 30.3 Å². The van der Waals surface area contributed by atoms with Gasteiger partial charge in [0.2, 0.25) is 5.91 Å². The Kier molecular flexibility index (Phi) is 4.91. The van der Waals surface area contributed by atoms with Gasteiger partial charge >= 0.3 is 0 Å². The summed E-state index contributed by atoms with van der Waals surface area (Å²) in [7, 11) is 0. The van der Waals surface area contributed by atoms with E-state index in [9.17, 15) is 4.79 Å². The van der Waals surface area contributed by atoms with E-state index >= 15 is 0 Å². The minimum Gasteiger partial charge on any atom is -0.326 e. The molecule has 1 amide bonds. The van der Waals surface area contributed by atoms with E-state index in [-0.39, 0.29) is 6.04 Å².